The minimum atomic E-state index is 0.0344. The lowest BCUT2D eigenvalue weighted by atomic mass is 9.83. The van der Waals surface area contributed by atoms with Crippen molar-refractivity contribution < 1.29 is 4.79 Å². The smallest absolute Gasteiger partial charge is 0.274 e. The van der Waals surface area contributed by atoms with Gasteiger partial charge in [-0.05, 0) is 62.5 Å². The van der Waals surface area contributed by atoms with Gasteiger partial charge in [0.15, 0.2) is 5.69 Å². The summed E-state index contributed by atoms with van der Waals surface area (Å²) in [4.78, 5) is 18.4. The number of rotatable bonds is 7. The van der Waals surface area contributed by atoms with Gasteiger partial charge in [0.1, 0.15) is 0 Å². The van der Waals surface area contributed by atoms with Gasteiger partial charge in [-0.15, -0.1) is 0 Å². The molecule has 2 heterocycles. The Bertz CT molecular complexity index is 736. The first-order valence-electron chi connectivity index (χ1n) is 9.79. The van der Waals surface area contributed by atoms with Gasteiger partial charge in [-0.1, -0.05) is 13.0 Å². The molecule has 1 unspecified atom stereocenters. The van der Waals surface area contributed by atoms with Crippen LogP contribution >= 0.6 is 0 Å². The van der Waals surface area contributed by atoms with Crippen LogP contribution in [0, 0.1) is 5.92 Å². The third-order valence-electron chi connectivity index (χ3n) is 5.29. The van der Waals surface area contributed by atoms with Crippen molar-refractivity contribution in [3.8, 4) is 0 Å². The van der Waals surface area contributed by atoms with Crippen LogP contribution in [0.2, 0.25) is 0 Å². The number of hydrogen-bond donors (Lipinski definition) is 0. The molecule has 0 aromatic carbocycles. The molecule has 1 atom stereocenters. The number of aryl methyl sites for hydroxylation is 2. The fourth-order valence-corrected chi connectivity index (χ4v) is 3.93. The van der Waals surface area contributed by atoms with Crippen LogP contribution in [-0.2, 0) is 25.8 Å². The van der Waals surface area contributed by atoms with Crippen LogP contribution in [0.1, 0.15) is 59.9 Å². The maximum absolute atomic E-state index is 12.6. The van der Waals surface area contributed by atoms with E-state index in [1.54, 1.807) is 4.90 Å². The Morgan fingerprint density at radius 3 is 2.92 bits per heavy atom. The third kappa shape index (κ3) is 4.14. The second-order valence-electron chi connectivity index (χ2n) is 7.56. The Morgan fingerprint density at radius 1 is 1.38 bits per heavy atom. The minimum Gasteiger partial charge on any atom is -0.343 e. The number of nitrogens with zero attached hydrogens (tertiary/aromatic N) is 4. The molecule has 1 aliphatic rings. The Hall–Kier alpha value is -2.17. The molecular formula is C21H30N4O. The summed E-state index contributed by atoms with van der Waals surface area (Å²) < 4.78 is 2.08. The highest BCUT2D eigenvalue weighted by Gasteiger charge is 2.29. The molecule has 0 radical (unpaired) electrons. The van der Waals surface area contributed by atoms with Crippen molar-refractivity contribution >= 4 is 5.91 Å². The number of pyridine rings is 1. The second kappa shape index (κ2) is 8.47. The molecule has 0 saturated carbocycles. The SMILES string of the molecule is CCCn1nc(C(=O)N(C)C)c2c1CCC(CCCc1cccnc1)C2. The molecule has 0 N–H and O–H groups in total. The summed E-state index contributed by atoms with van der Waals surface area (Å²) in [5, 5.41) is 4.68. The van der Waals surface area contributed by atoms with E-state index in [1.807, 2.05) is 32.6 Å². The molecular weight excluding hydrogens is 324 g/mol. The fraction of sp³-hybridized carbons (Fsp3) is 0.571. The zero-order valence-corrected chi connectivity index (χ0v) is 16.2. The molecule has 0 bridgehead atoms. The number of aromatic nitrogens is 3. The first kappa shape index (κ1) is 18.6. The van der Waals surface area contributed by atoms with E-state index < -0.39 is 0 Å². The number of carbonyl (C=O) groups excluding carboxylic acids is 1. The first-order valence-corrected chi connectivity index (χ1v) is 9.79. The number of fused-ring (bicyclic) bond motifs is 1. The number of carbonyl (C=O) groups is 1. The molecule has 3 rings (SSSR count). The maximum atomic E-state index is 12.6. The Morgan fingerprint density at radius 2 is 2.23 bits per heavy atom. The number of hydrogen-bond acceptors (Lipinski definition) is 3. The van der Waals surface area contributed by atoms with Crippen LogP contribution in [-0.4, -0.2) is 39.7 Å². The van der Waals surface area contributed by atoms with Crippen molar-refractivity contribution in [1.82, 2.24) is 19.7 Å². The zero-order valence-electron chi connectivity index (χ0n) is 16.2. The predicted molar refractivity (Wildman–Crippen MR) is 103 cm³/mol. The fourth-order valence-electron chi connectivity index (χ4n) is 3.93. The van der Waals surface area contributed by atoms with Crippen molar-refractivity contribution in [3.63, 3.8) is 0 Å². The molecule has 26 heavy (non-hydrogen) atoms. The van der Waals surface area contributed by atoms with Gasteiger partial charge < -0.3 is 4.90 Å². The molecule has 5 nitrogen and oxygen atoms in total. The molecule has 0 spiro atoms. The number of amides is 1. The highest BCUT2D eigenvalue weighted by atomic mass is 16.2. The molecule has 140 valence electrons. The normalized spacial score (nSPS) is 16.3. The highest BCUT2D eigenvalue weighted by Crippen LogP contribution is 2.31. The summed E-state index contributed by atoms with van der Waals surface area (Å²) in [7, 11) is 3.61. The first-order chi connectivity index (χ1) is 12.6. The van der Waals surface area contributed by atoms with Crippen LogP contribution in [0.3, 0.4) is 0 Å². The van der Waals surface area contributed by atoms with E-state index in [0.29, 0.717) is 11.6 Å². The van der Waals surface area contributed by atoms with Gasteiger partial charge in [0.2, 0.25) is 0 Å². The van der Waals surface area contributed by atoms with Crippen LogP contribution < -0.4 is 0 Å². The van der Waals surface area contributed by atoms with E-state index in [9.17, 15) is 4.79 Å². The van der Waals surface area contributed by atoms with Crippen LogP contribution in [0.4, 0.5) is 0 Å². The molecule has 0 fully saturated rings. The van der Waals surface area contributed by atoms with E-state index in [1.165, 1.54) is 36.1 Å². The summed E-state index contributed by atoms with van der Waals surface area (Å²) in [5.74, 6) is 0.680. The molecule has 1 amide bonds. The van der Waals surface area contributed by atoms with Crippen molar-refractivity contribution in [1.29, 1.82) is 0 Å². The van der Waals surface area contributed by atoms with Crippen molar-refractivity contribution in [2.45, 2.75) is 58.4 Å². The largest absolute Gasteiger partial charge is 0.343 e. The van der Waals surface area contributed by atoms with Gasteiger partial charge in [-0.3, -0.25) is 14.5 Å². The van der Waals surface area contributed by atoms with Crippen molar-refractivity contribution in [3.05, 3.63) is 47.0 Å². The van der Waals surface area contributed by atoms with Crippen LogP contribution in [0.15, 0.2) is 24.5 Å². The lowest BCUT2D eigenvalue weighted by Gasteiger charge is -2.23. The Labute approximate surface area is 156 Å². The third-order valence-corrected chi connectivity index (χ3v) is 5.29. The van der Waals surface area contributed by atoms with Crippen molar-refractivity contribution in [2.24, 2.45) is 5.92 Å². The lowest BCUT2D eigenvalue weighted by Crippen LogP contribution is -2.24. The zero-order chi connectivity index (χ0) is 18.5. The predicted octanol–water partition coefficient (Wildman–Crippen LogP) is 3.52. The van der Waals surface area contributed by atoms with Gasteiger partial charge >= 0.3 is 0 Å². The molecule has 2 aromatic rings. The van der Waals surface area contributed by atoms with E-state index in [2.05, 4.69) is 27.8 Å². The Kier molecular flexibility index (Phi) is 6.07. The average Bonchev–Trinajstić information content (AvgIpc) is 3.00. The lowest BCUT2D eigenvalue weighted by molar-refractivity contribution is 0.0819. The molecule has 0 aliphatic heterocycles. The topological polar surface area (TPSA) is 51.0 Å². The van der Waals surface area contributed by atoms with Gasteiger partial charge in [-0.25, -0.2) is 0 Å². The van der Waals surface area contributed by atoms with Gasteiger partial charge in [0.05, 0.1) is 0 Å². The van der Waals surface area contributed by atoms with Crippen molar-refractivity contribution in [2.75, 3.05) is 14.1 Å². The maximum Gasteiger partial charge on any atom is 0.274 e. The van der Waals surface area contributed by atoms with E-state index in [-0.39, 0.29) is 5.91 Å². The molecule has 5 heteroatoms. The van der Waals surface area contributed by atoms with E-state index >= 15 is 0 Å². The van der Waals surface area contributed by atoms with Gasteiger partial charge in [0.25, 0.3) is 5.91 Å². The van der Waals surface area contributed by atoms with Crippen LogP contribution in [0.5, 0.6) is 0 Å². The average molecular weight is 354 g/mol. The summed E-state index contributed by atoms with van der Waals surface area (Å²) in [6.45, 7) is 3.06. The summed E-state index contributed by atoms with van der Waals surface area (Å²) in [6, 6.07) is 4.15. The molecule has 2 aromatic heterocycles. The van der Waals surface area contributed by atoms with Gasteiger partial charge in [-0.2, -0.15) is 5.10 Å². The summed E-state index contributed by atoms with van der Waals surface area (Å²) >= 11 is 0. The summed E-state index contributed by atoms with van der Waals surface area (Å²) in [5.41, 5.74) is 4.48. The standard InChI is InChI=1S/C21H30N4O/c1-4-13-25-19-11-10-16(7-5-8-17-9-6-12-22-15-17)14-18(19)20(23-25)21(26)24(2)3/h6,9,12,15-16H,4-5,7-8,10-11,13-14H2,1-3H3. The summed E-state index contributed by atoms with van der Waals surface area (Å²) in [6.07, 6.45) is 11.5. The van der Waals surface area contributed by atoms with E-state index in [0.717, 1.165) is 32.2 Å². The van der Waals surface area contributed by atoms with E-state index in [4.69, 9.17) is 0 Å². The second-order valence-corrected chi connectivity index (χ2v) is 7.56. The minimum absolute atomic E-state index is 0.0344. The quantitative estimate of drug-likeness (QED) is 0.764. The van der Waals surface area contributed by atoms with Crippen LogP contribution in [0.25, 0.3) is 0 Å². The Balaban J connectivity index is 1.69. The molecule has 0 saturated heterocycles. The van der Waals surface area contributed by atoms with Gasteiger partial charge in [0, 0.05) is 44.3 Å². The molecule has 1 aliphatic carbocycles. The monoisotopic (exact) mass is 354 g/mol. The highest BCUT2D eigenvalue weighted by molar-refractivity contribution is 5.93.